The van der Waals surface area contributed by atoms with Crippen LogP contribution in [0.15, 0.2) is 116 Å². The molecular weight excluding hydrogens is 474 g/mol. The highest BCUT2D eigenvalue weighted by molar-refractivity contribution is 6.03. The third-order valence-corrected chi connectivity index (χ3v) is 7.48. The summed E-state index contributed by atoms with van der Waals surface area (Å²) in [4.78, 5) is 13.9. The highest BCUT2D eigenvalue weighted by Crippen LogP contribution is 2.38. The molecule has 0 fully saturated rings. The summed E-state index contributed by atoms with van der Waals surface area (Å²) in [5.74, 6) is 0. The number of pyridine rings is 1. The molecule has 4 aromatic carbocycles. The minimum absolute atomic E-state index is 0.0637. The summed E-state index contributed by atoms with van der Waals surface area (Å²) in [6, 6.07) is 34.4. The number of rotatable bonds is 4. The SMILES string of the molecule is Cc1c(-c2ccccc2)cccc1-c1ccc(-c2cccc(-c3cc(C(C)(C)C)ccn3)c2)c2ncncc12. The molecule has 0 spiro atoms. The second-order valence-corrected chi connectivity index (χ2v) is 11.1. The van der Waals surface area contributed by atoms with Gasteiger partial charge >= 0.3 is 0 Å². The smallest absolute Gasteiger partial charge is 0.116 e. The fourth-order valence-corrected chi connectivity index (χ4v) is 5.30. The molecule has 0 amide bonds. The zero-order chi connectivity index (χ0) is 27.0. The predicted octanol–water partition coefficient (Wildman–Crippen LogP) is 9.30. The summed E-state index contributed by atoms with van der Waals surface area (Å²) in [5, 5.41) is 1.04. The van der Waals surface area contributed by atoms with E-state index in [1.54, 1.807) is 6.33 Å². The molecule has 2 heterocycles. The number of fused-ring (bicyclic) bond motifs is 1. The fraction of sp³-hybridized carbons (Fsp3) is 0.139. The minimum atomic E-state index is 0.0637. The highest BCUT2D eigenvalue weighted by atomic mass is 14.8. The molecule has 0 saturated heterocycles. The van der Waals surface area contributed by atoms with Crippen molar-refractivity contribution in [3.8, 4) is 44.6 Å². The van der Waals surface area contributed by atoms with Crippen LogP contribution in [-0.2, 0) is 5.41 Å². The molecule has 0 radical (unpaired) electrons. The third-order valence-electron chi connectivity index (χ3n) is 7.48. The van der Waals surface area contributed by atoms with Crippen LogP contribution in [0.3, 0.4) is 0 Å². The molecule has 0 atom stereocenters. The van der Waals surface area contributed by atoms with Crippen molar-refractivity contribution >= 4 is 10.9 Å². The van der Waals surface area contributed by atoms with E-state index < -0.39 is 0 Å². The van der Waals surface area contributed by atoms with Gasteiger partial charge in [-0.2, -0.15) is 0 Å². The lowest BCUT2D eigenvalue weighted by atomic mass is 9.86. The standard InChI is InChI=1S/C36H31N3/c1-24-29(25-10-6-5-7-11-25)14-9-15-30(24)32-17-16-31(35-33(32)22-37-23-39-35)26-12-8-13-27(20-26)34-21-28(18-19-38-34)36(2,3)4/h5-23H,1-4H3. The van der Waals surface area contributed by atoms with Crippen LogP contribution < -0.4 is 0 Å². The molecular formula is C36H31N3. The molecule has 0 aliphatic carbocycles. The van der Waals surface area contributed by atoms with Gasteiger partial charge in [-0.05, 0) is 69.5 Å². The number of benzene rings is 4. The summed E-state index contributed by atoms with van der Waals surface area (Å²) in [6.07, 6.45) is 5.49. The zero-order valence-electron chi connectivity index (χ0n) is 22.8. The Labute approximate surface area is 230 Å². The molecule has 6 rings (SSSR count). The lowest BCUT2D eigenvalue weighted by Crippen LogP contribution is -2.11. The lowest BCUT2D eigenvalue weighted by Gasteiger charge is -2.19. The fourth-order valence-electron chi connectivity index (χ4n) is 5.30. The van der Waals surface area contributed by atoms with Crippen molar-refractivity contribution in [3.05, 3.63) is 127 Å². The summed E-state index contributed by atoms with van der Waals surface area (Å²) in [5.41, 5.74) is 12.6. The minimum Gasteiger partial charge on any atom is -0.256 e. The molecule has 3 heteroatoms. The van der Waals surface area contributed by atoms with Crippen LogP contribution in [0, 0.1) is 6.92 Å². The molecule has 190 valence electrons. The van der Waals surface area contributed by atoms with Gasteiger partial charge in [0.25, 0.3) is 0 Å². The average Bonchev–Trinajstić information content (AvgIpc) is 2.97. The number of hydrogen-bond acceptors (Lipinski definition) is 3. The van der Waals surface area contributed by atoms with Gasteiger partial charge in [0.05, 0.1) is 11.2 Å². The molecule has 2 aromatic heterocycles. The van der Waals surface area contributed by atoms with Crippen molar-refractivity contribution in [2.75, 3.05) is 0 Å². The van der Waals surface area contributed by atoms with Crippen molar-refractivity contribution in [2.45, 2.75) is 33.1 Å². The first-order valence-electron chi connectivity index (χ1n) is 13.4. The van der Waals surface area contributed by atoms with Crippen LogP contribution in [0.4, 0.5) is 0 Å². The quantitative estimate of drug-likeness (QED) is 0.240. The Hall–Kier alpha value is -4.63. The molecule has 0 saturated carbocycles. The van der Waals surface area contributed by atoms with Gasteiger partial charge in [-0.15, -0.1) is 0 Å². The van der Waals surface area contributed by atoms with E-state index in [0.717, 1.165) is 38.9 Å². The van der Waals surface area contributed by atoms with E-state index in [1.807, 2.05) is 12.4 Å². The molecule has 0 N–H and O–H groups in total. The van der Waals surface area contributed by atoms with Crippen LogP contribution >= 0.6 is 0 Å². The van der Waals surface area contributed by atoms with Crippen molar-refractivity contribution in [2.24, 2.45) is 0 Å². The number of nitrogens with zero attached hydrogens (tertiary/aromatic N) is 3. The van der Waals surface area contributed by atoms with Crippen LogP contribution in [-0.4, -0.2) is 15.0 Å². The summed E-state index contributed by atoms with van der Waals surface area (Å²) < 4.78 is 0. The molecule has 6 aromatic rings. The number of aromatic nitrogens is 3. The zero-order valence-corrected chi connectivity index (χ0v) is 22.8. The van der Waals surface area contributed by atoms with Crippen LogP contribution in [0.25, 0.3) is 55.5 Å². The average molecular weight is 506 g/mol. The number of hydrogen-bond donors (Lipinski definition) is 0. The topological polar surface area (TPSA) is 38.7 Å². The van der Waals surface area contributed by atoms with E-state index in [9.17, 15) is 0 Å². The van der Waals surface area contributed by atoms with Crippen molar-refractivity contribution in [1.29, 1.82) is 0 Å². The Bertz CT molecular complexity index is 1800. The summed E-state index contributed by atoms with van der Waals surface area (Å²) in [7, 11) is 0. The molecule has 0 aliphatic rings. The molecule has 0 bridgehead atoms. The normalized spacial score (nSPS) is 11.6. The van der Waals surface area contributed by atoms with Gasteiger partial charge in [0.2, 0.25) is 0 Å². The van der Waals surface area contributed by atoms with E-state index in [4.69, 9.17) is 9.97 Å². The maximum absolute atomic E-state index is 4.78. The maximum Gasteiger partial charge on any atom is 0.116 e. The van der Waals surface area contributed by atoms with E-state index in [0.29, 0.717) is 0 Å². The first kappa shape index (κ1) is 24.7. The van der Waals surface area contributed by atoms with Gasteiger partial charge in [0.15, 0.2) is 0 Å². The van der Waals surface area contributed by atoms with Gasteiger partial charge < -0.3 is 0 Å². The summed E-state index contributed by atoms with van der Waals surface area (Å²) >= 11 is 0. The maximum atomic E-state index is 4.78. The molecule has 39 heavy (non-hydrogen) atoms. The van der Waals surface area contributed by atoms with Crippen molar-refractivity contribution in [3.63, 3.8) is 0 Å². The second-order valence-electron chi connectivity index (χ2n) is 11.1. The predicted molar refractivity (Wildman–Crippen MR) is 163 cm³/mol. The first-order valence-corrected chi connectivity index (χ1v) is 13.4. The van der Waals surface area contributed by atoms with Gasteiger partial charge in [0, 0.05) is 28.9 Å². The van der Waals surface area contributed by atoms with Crippen LogP contribution in [0.1, 0.15) is 31.9 Å². The highest BCUT2D eigenvalue weighted by Gasteiger charge is 2.17. The Kier molecular flexibility index (Phi) is 6.28. The first-order chi connectivity index (χ1) is 18.9. The Morgan fingerprint density at radius 1 is 0.590 bits per heavy atom. The summed E-state index contributed by atoms with van der Waals surface area (Å²) in [6.45, 7) is 8.89. The van der Waals surface area contributed by atoms with Crippen LogP contribution in [0.2, 0.25) is 0 Å². The van der Waals surface area contributed by atoms with E-state index in [1.165, 1.54) is 27.8 Å². The van der Waals surface area contributed by atoms with Crippen LogP contribution in [0.5, 0.6) is 0 Å². The van der Waals surface area contributed by atoms with Gasteiger partial charge in [-0.3, -0.25) is 4.98 Å². The monoisotopic (exact) mass is 505 g/mol. The third kappa shape index (κ3) is 4.72. The Morgan fingerprint density at radius 2 is 1.31 bits per heavy atom. The molecule has 3 nitrogen and oxygen atoms in total. The Balaban J connectivity index is 1.47. The second kappa shape index (κ2) is 9.92. The van der Waals surface area contributed by atoms with Crippen molar-refractivity contribution < 1.29 is 0 Å². The van der Waals surface area contributed by atoms with Gasteiger partial charge in [0.1, 0.15) is 6.33 Å². The van der Waals surface area contributed by atoms with Crippen molar-refractivity contribution in [1.82, 2.24) is 15.0 Å². The van der Waals surface area contributed by atoms with E-state index in [-0.39, 0.29) is 5.41 Å². The van der Waals surface area contributed by atoms with Gasteiger partial charge in [-0.1, -0.05) is 99.6 Å². The van der Waals surface area contributed by atoms with E-state index >= 15 is 0 Å². The molecule has 0 unspecified atom stereocenters. The Morgan fingerprint density at radius 3 is 2.13 bits per heavy atom. The van der Waals surface area contributed by atoms with E-state index in [2.05, 4.69) is 130 Å². The molecule has 0 aliphatic heterocycles. The van der Waals surface area contributed by atoms with Gasteiger partial charge in [-0.25, -0.2) is 9.97 Å². The largest absolute Gasteiger partial charge is 0.256 e. The lowest BCUT2D eigenvalue weighted by molar-refractivity contribution is 0.589.